The zero-order valence-corrected chi connectivity index (χ0v) is 20.5. The van der Waals surface area contributed by atoms with Gasteiger partial charge in [0.05, 0.1) is 6.54 Å². The van der Waals surface area contributed by atoms with Crippen molar-refractivity contribution in [3.8, 4) is 5.75 Å². The van der Waals surface area contributed by atoms with Gasteiger partial charge in [-0.25, -0.2) is 9.38 Å². The molecule has 1 aliphatic heterocycles. The van der Waals surface area contributed by atoms with Crippen LogP contribution in [0.15, 0.2) is 29.3 Å². The third-order valence-electron chi connectivity index (χ3n) is 4.80. The maximum absolute atomic E-state index is 13.3. The second-order valence-electron chi connectivity index (χ2n) is 7.24. The predicted molar refractivity (Wildman–Crippen MR) is 129 cm³/mol. The van der Waals surface area contributed by atoms with Gasteiger partial charge in [-0.2, -0.15) is 0 Å². The summed E-state index contributed by atoms with van der Waals surface area (Å²) >= 11 is 0. The molecule has 0 aromatic heterocycles. The number of hydrogen-bond acceptors (Lipinski definition) is 4. The summed E-state index contributed by atoms with van der Waals surface area (Å²) in [6, 6.07) is 6.22. The number of nitrogens with zero attached hydrogens (tertiary/aromatic N) is 1. The molecule has 0 aliphatic carbocycles. The van der Waals surface area contributed by atoms with Gasteiger partial charge in [-0.3, -0.25) is 0 Å². The fourth-order valence-corrected chi connectivity index (χ4v) is 3.06. The highest BCUT2D eigenvalue weighted by Gasteiger charge is 2.13. The molecule has 0 saturated carbocycles. The van der Waals surface area contributed by atoms with Gasteiger partial charge in [0, 0.05) is 45.6 Å². The Labute approximate surface area is 197 Å². The number of hydrogen-bond donors (Lipinski definition) is 2. The maximum Gasteiger partial charge on any atom is 0.191 e. The van der Waals surface area contributed by atoms with Crippen molar-refractivity contribution >= 4 is 29.9 Å². The summed E-state index contributed by atoms with van der Waals surface area (Å²) in [7, 11) is 0. The van der Waals surface area contributed by atoms with E-state index in [9.17, 15) is 4.39 Å². The van der Waals surface area contributed by atoms with Gasteiger partial charge >= 0.3 is 0 Å². The van der Waals surface area contributed by atoms with E-state index in [-0.39, 0.29) is 35.9 Å². The van der Waals surface area contributed by atoms with E-state index in [1.54, 1.807) is 12.1 Å². The highest BCUT2D eigenvalue weighted by atomic mass is 127. The van der Waals surface area contributed by atoms with Crippen LogP contribution in [0.2, 0.25) is 0 Å². The largest absolute Gasteiger partial charge is 0.488 e. The first kappa shape index (κ1) is 26.9. The molecule has 172 valence electrons. The first-order valence-electron chi connectivity index (χ1n) is 10.8. The van der Waals surface area contributed by atoms with Crippen LogP contribution in [0.5, 0.6) is 5.75 Å². The van der Waals surface area contributed by atoms with Crippen LogP contribution in [0.25, 0.3) is 0 Å². The third-order valence-corrected chi connectivity index (χ3v) is 4.80. The van der Waals surface area contributed by atoms with Crippen LogP contribution in [0.3, 0.4) is 0 Å². The normalized spacial score (nSPS) is 15.9. The molecule has 0 bridgehead atoms. The van der Waals surface area contributed by atoms with Crippen molar-refractivity contribution in [1.29, 1.82) is 0 Å². The average molecular weight is 537 g/mol. The molecule has 1 aliphatic rings. The summed E-state index contributed by atoms with van der Waals surface area (Å²) in [6.45, 7) is 9.44. The highest BCUT2D eigenvalue weighted by molar-refractivity contribution is 14.0. The molecular weight excluding hydrogens is 500 g/mol. The van der Waals surface area contributed by atoms with Crippen LogP contribution in [-0.2, 0) is 9.47 Å². The Balaban J connectivity index is 0.00000450. The van der Waals surface area contributed by atoms with Crippen LogP contribution in [0.1, 0.15) is 39.5 Å². The Kier molecular flexibility index (Phi) is 14.8. The van der Waals surface area contributed by atoms with Gasteiger partial charge in [-0.15, -0.1) is 24.0 Å². The van der Waals surface area contributed by atoms with E-state index in [2.05, 4.69) is 15.6 Å². The molecule has 1 heterocycles. The monoisotopic (exact) mass is 537 g/mol. The highest BCUT2D eigenvalue weighted by Crippen LogP contribution is 2.15. The average Bonchev–Trinajstić information content (AvgIpc) is 2.74. The first-order chi connectivity index (χ1) is 14.2. The molecule has 1 aromatic rings. The van der Waals surface area contributed by atoms with Crippen molar-refractivity contribution in [2.24, 2.45) is 10.9 Å². The number of ether oxygens (including phenoxy) is 3. The van der Waals surface area contributed by atoms with E-state index in [0.29, 0.717) is 18.2 Å². The Morgan fingerprint density at radius 3 is 2.77 bits per heavy atom. The van der Waals surface area contributed by atoms with Crippen molar-refractivity contribution < 1.29 is 18.6 Å². The van der Waals surface area contributed by atoms with Crippen LogP contribution >= 0.6 is 24.0 Å². The van der Waals surface area contributed by atoms with E-state index in [0.717, 1.165) is 71.2 Å². The van der Waals surface area contributed by atoms with E-state index in [4.69, 9.17) is 14.2 Å². The van der Waals surface area contributed by atoms with Crippen molar-refractivity contribution in [2.75, 3.05) is 46.1 Å². The molecule has 0 radical (unpaired) electrons. The molecule has 30 heavy (non-hydrogen) atoms. The predicted octanol–water partition coefficient (Wildman–Crippen LogP) is 3.99. The molecule has 2 rings (SSSR count). The summed E-state index contributed by atoms with van der Waals surface area (Å²) in [4.78, 5) is 4.62. The Bertz CT molecular complexity index is 601. The van der Waals surface area contributed by atoms with Crippen molar-refractivity contribution in [3.05, 3.63) is 30.1 Å². The summed E-state index contributed by atoms with van der Waals surface area (Å²) in [6.07, 6.45) is 3.82. The summed E-state index contributed by atoms with van der Waals surface area (Å²) in [5.41, 5.74) is 0. The van der Waals surface area contributed by atoms with Crippen molar-refractivity contribution in [3.63, 3.8) is 0 Å². The van der Waals surface area contributed by atoms with Crippen LogP contribution in [0.4, 0.5) is 4.39 Å². The zero-order chi connectivity index (χ0) is 20.7. The van der Waals surface area contributed by atoms with Gasteiger partial charge in [0.2, 0.25) is 0 Å². The Hall–Kier alpha value is -1.13. The van der Waals surface area contributed by atoms with Gasteiger partial charge < -0.3 is 24.8 Å². The molecule has 1 atom stereocenters. The Morgan fingerprint density at radius 1 is 1.27 bits per heavy atom. The summed E-state index contributed by atoms with van der Waals surface area (Å²) in [5, 5.41) is 6.58. The smallest absolute Gasteiger partial charge is 0.191 e. The van der Waals surface area contributed by atoms with Crippen LogP contribution in [0, 0.1) is 11.7 Å². The third kappa shape index (κ3) is 11.3. The summed E-state index contributed by atoms with van der Waals surface area (Å²) in [5.74, 6) is 1.64. The first-order valence-corrected chi connectivity index (χ1v) is 10.8. The molecule has 1 saturated heterocycles. The lowest BCUT2D eigenvalue weighted by Gasteiger charge is -2.21. The van der Waals surface area contributed by atoms with E-state index < -0.39 is 0 Å². The van der Waals surface area contributed by atoms with E-state index in [1.165, 1.54) is 12.1 Å². The SMILES string of the molecule is CCNC(=NCC(CC)Oc1cccc(F)c1)NCCCOCC1CCOCC1.I. The number of nitrogens with one attached hydrogen (secondary N) is 2. The van der Waals surface area contributed by atoms with Crippen molar-refractivity contribution in [1.82, 2.24) is 10.6 Å². The fraction of sp³-hybridized carbons (Fsp3) is 0.682. The lowest BCUT2D eigenvalue weighted by molar-refractivity contribution is 0.0203. The lowest BCUT2D eigenvalue weighted by Crippen LogP contribution is -2.39. The van der Waals surface area contributed by atoms with E-state index in [1.807, 2.05) is 13.8 Å². The van der Waals surface area contributed by atoms with E-state index >= 15 is 0 Å². The number of halogens is 2. The molecule has 0 spiro atoms. The van der Waals surface area contributed by atoms with Gasteiger partial charge in [0.25, 0.3) is 0 Å². The standard InChI is InChI=1S/C22H36FN3O3.HI/c1-3-20(29-21-8-5-7-19(23)15-21)16-26-22(24-4-2)25-11-6-12-28-17-18-9-13-27-14-10-18;/h5,7-8,15,18,20H,3-4,6,9-14,16-17H2,1-2H3,(H2,24,25,26);1H. The number of rotatable bonds is 12. The minimum absolute atomic E-state index is 0. The number of aliphatic imine (C=N–C) groups is 1. The quantitative estimate of drug-likeness (QED) is 0.183. The molecule has 6 nitrogen and oxygen atoms in total. The van der Waals surface area contributed by atoms with Gasteiger partial charge in [-0.1, -0.05) is 13.0 Å². The molecule has 1 fully saturated rings. The number of guanidine groups is 1. The minimum atomic E-state index is -0.296. The second kappa shape index (κ2) is 16.5. The second-order valence-corrected chi connectivity index (χ2v) is 7.24. The topological polar surface area (TPSA) is 64.1 Å². The van der Waals surface area contributed by atoms with Gasteiger partial charge in [0.15, 0.2) is 5.96 Å². The minimum Gasteiger partial charge on any atom is -0.488 e. The molecule has 0 amide bonds. The van der Waals surface area contributed by atoms with Crippen LogP contribution < -0.4 is 15.4 Å². The molecule has 8 heteroatoms. The fourth-order valence-electron chi connectivity index (χ4n) is 3.06. The van der Waals surface area contributed by atoms with Gasteiger partial charge in [-0.05, 0) is 50.7 Å². The summed E-state index contributed by atoms with van der Waals surface area (Å²) < 4.78 is 30.4. The molecular formula is C22H37FIN3O3. The molecule has 1 aromatic carbocycles. The van der Waals surface area contributed by atoms with Crippen LogP contribution in [-0.4, -0.2) is 58.1 Å². The lowest BCUT2D eigenvalue weighted by atomic mass is 10.0. The van der Waals surface area contributed by atoms with Gasteiger partial charge in [0.1, 0.15) is 17.7 Å². The zero-order valence-electron chi connectivity index (χ0n) is 18.2. The van der Waals surface area contributed by atoms with Crippen molar-refractivity contribution in [2.45, 2.75) is 45.6 Å². The number of benzene rings is 1. The molecule has 1 unspecified atom stereocenters. The molecule has 2 N–H and O–H groups in total. The maximum atomic E-state index is 13.3. The Morgan fingerprint density at radius 2 is 2.07 bits per heavy atom.